The van der Waals surface area contributed by atoms with Crippen LogP contribution in [0.5, 0.6) is 0 Å². The van der Waals surface area contributed by atoms with E-state index < -0.39 is 0 Å². The molecule has 1 atom stereocenters. The van der Waals surface area contributed by atoms with Gasteiger partial charge in [-0.05, 0) is 39.4 Å². The molecule has 18 heavy (non-hydrogen) atoms. The molecule has 0 bridgehead atoms. The fraction of sp³-hybridized carbons (Fsp3) is 0.462. The molecule has 1 unspecified atom stereocenters. The van der Waals surface area contributed by atoms with E-state index in [4.69, 9.17) is 5.84 Å². The molecule has 0 fully saturated rings. The molecular weight excluding hydrogens is 226 g/mol. The lowest BCUT2D eigenvalue weighted by molar-refractivity contribution is 0.441. The Kier molecular flexibility index (Phi) is 4.69. The van der Waals surface area contributed by atoms with Crippen molar-refractivity contribution in [3.8, 4) is 0 Å². The van der Waals surface area contributed by atoms with Crippen molar-refractivity contribution in [2.75, 3.05) is 14.1 Å². The normalized spacial score (nSPS) is 15.1. The molecule has 0 aliphatic heterocycles. The Morgan fingerprint density at radius 1 is 1.33 bits per heavy atom. The van der Waals surface area contributed by atoms with Crippen molar-refractivity contribution in [3.05, 3.63) is 41.0 Å². The zero-order chi connectivity index (χ0) is 13.8. The van der Waals surface area contributed by atoms with Gasteiger partial charge in [0.2, 0.25) is 0 Å². The summed E-state index contributed by atoms with van der Waals surface area (Å²) in [5.74, 6) is 5.39. The largest absolute Gasteiger partial charge is 0.388 e. The predicted molar refractivity (Wildman–Crippen MR) is 74.6 cm³/mol. The molecule has 5 heteroatoms. The smallest absolute Gasteiger partial charge is 0.0840 e. The highest BCUT2D eigenvalue weighted by atomic mass is 15.2. The first-order chi connectivity index (χ1) is 8.49. The zero-order valence-corrected chi connectivity index (χ0v) is 11.8. The van der Waals surface area contributed by atoms with Crippen molar-refractivity contribution in [2.24, 2.45) is 5.84 Å². The second-order valence-electron chi connectivity index (χ2n) is 4.44. The molecule has 0 spiro atoms. The van der Waals surface area contributed by atoms with Crippen LogP contribution in [0, 0.1) is 13.8 Å². The molecule has 5 nitrogen and oxygen atoms in total. The SMILES string of the molecule is CN/C(=C\NN)C(C)(NC)c1ccc(C)nc1C. The summed E-state index contributed by atoms with van der Waals surface area (Å²) in [5.41, 5.74) is 6.29. The molecule has 1 heterocycles. The van der Waals surface area contributed by atoms with Crippen LogP contribution in [-0.2, 0) is 5.54 Å². The summed E-state index contributed by atoms with van der Waals surface area (Å²) in [7, 11) is 3.79. The van der Waals surface area contributed by atoms with E-state index in [9.17, 15) is 0 Å². The zero-order valence-electron chi connectivity index (χ0n) is 11.8. The lowest BCUT2D eigenvalue weighted by atomic mass is 9.87. The second-order valence-corrected chi connectivity index (χ2v) is 4.44. The van der Waals surface area contributed by atoms with Crippen molar-refractivity contribution >= 4 is 0 Å². The van der Waals surface area contributed by atoms with Crippen molar-refractivity contribution in [1.29, 1.82) is 0 Å². The molecule has 0 aliphatic carbocycles. The average molecular weight is 249 g/mol. The standard InChI is InChI=1S/C13H23N5/c1-9-6-7-11(10(2)18-9)13(3,16-5)12(15-4)8-17-14/h6-8,15-17H,14H2,1-5H3/b12-8-. The van der Waals surface area contributed by atoms with Gasteiger partial charge in [-0.15, -0.1) is 0 Å². The van der Waals surface area contributed by atoms with Gasteiger partial charge in [-0.1, -0.05) is 6.07 Å². The van der Waals surface area contributed by atoms with Crippen LogP contribution in [0.15, 0.2) is 24.0 Å². The van der Waals surface area contributed by atoms with Crippen LogP contribution in [0.1, 0.15) is 23.9 Å². The van der Waals surface area contributed by atoms with E-state index in [-0.39, 0.29) is 5.54 Å². The van der Waals surface area contributed by atoms with Crippen LogP contribution in [0.2, 0.25) is 0 Å². The predicted octanol–water partition coefficient (Wildman–Crippen LogP) is 0.657. The summed E-state index contributed by atoms with van der Waals surface area (Å²) < 4.78 is 0. The fourth-order valence-electron chi connectivity index (χ4n) is 2.18. The molecule has 1 aromatic heterocycles. The summed E-state index contributed by atoms with van der Waals surface area (Å²) >= 11 is 0. The van der Waals surface area contributed by atoms with Gasteiger partial charge in [-0.25, -0.2) is 0 Å². The third kappa shape index (κ3) is 2.63. The fourth-order valence-corrected chi connectivity index (χ4v) is 2.18. The van der Waals surface area contributed by atoms with E-state index in [1.54, 1.807) is 6.20 Å². The number of nitrogens with zero attached hydrogens (tertiary/aromatic N) is 1. The highest BCUT2D eigenvalue weighted by Crippen LogP contribution is 2.28. The minimum atomic E-state index is -0.369. The lowest BCUT2D eigenvalue weighted by Gasteiger charge is -2.33. The van der Waals surface area contributed by atoms with Gasteiger partial charge < -0.3 is 16.1 Å². The molecule has 0 saturated heterocycles. The summed E-state index contributed by atoms with van der Waals surface area (Å²) in [6.45, 7) is 6.09. The number of hydrogen-bond acceptors (Lipinski definition) is 5. The van der Waals surface area contributed by atoms with Crippen LogP contribution in [0.3, 0.4) is 0 Å². The number of aryl methyl sites for hydroxylation is 2. The Morgan fingerprint density at radius 3 is 2.44 bits per heavy atom. The highest BCUT2D eigenvalue weighted by Gasteiger charge is 2.30. The van der Waals surface area contributed by atoms with Crippen molar-refractivity contribution in [1.82, 2.24) is 21.0 Å². The number of likely N-dealkylation sites (N-methyl/N-ethyl adjacent to an activating group) is 2. The Balaban J connectivity index is 3.34. The molecule has 0 radical (unpaired) electrons. The van der Waals surface area contributed by atoms with Crippen molar-refractivity contribution in [2.45, 2.75) is 26.3 Å². The van der Waals surface area contributed by atoms with E-state index in [1.807, 2.05) is 34.0 Å². The number of hydrogen-bond donors (Lipinski definition) is 4. The maximum atomic E-state index is 5.39. The first kappa shape index (κ1) is 14.5. The molecule has 0 amide bonds. The van der Waals surface area contributed by atoms with Crippen LogP contribution in [0.4, 0.5) is 0 Å². The number of hydrazine groups is 1. The first-order valence-electron chi connectivity index (χ1n) is 5.97. The molecule has 100 valence electrons. The van der Waals surface area contributed by atoms with Gasteiger partial charge in [0.05, 0.1) is 11.2 Å². The van der Waals surface area contributed by atoms with E-state index in [0.717, 1.165) is 22.6 Å². The van der Waals surface area contributed by atoms with E-state index in [1.165, 1.54) is 0 Å². The van der Waals surface area contributed by atoms with Crippen LogP contribution >= 0.6 is 0 Å². The van der Waals surface area contributed by atoms with Crippen molar-refractivity contribution in [3.63, 3.8) is 0 Å². The van der Waals surface area contributed by atoms with Crippen LogP contribution in [-0.4, -0.2) is 19.1 Å². The van der Waals surface area contributed by atoms with Crippen LogP contribution in [0.25, 0.3) is 0 Å². The van der Waals surface area contributed by atoms with Gasteiger partial charge in [0.25, 0.3) is 0 Å². The van der Waals surface area contributed by atoms with E-state index in [2.05, 4.69) is 34.0 Å². The summed E-state index contributed by atoms with van der Waals surface area (Å²) in [4.78, 5) is 4.52. The third-order valence-corrected chi connectivity index (χ3v) is 3.30. The topological polar surface area (TPSA) is 75.0 Å². The molecular formula is C13H23N5. The summed E-state index contributed by atoms with van der Waals surface area (Å²) in [5, 5.41) is 6.49. The Hall–Kier alpha value is -1.59. The molecule has 0 aromatic carbocycles. The number of nitrogens with two attached hydrogens (primary N) is 1. The summed E-state index contributed by atoms with van der Waals surface area (Å²) in [6.07, 6.45) is 1.75. The second kappa shape index (κ2) is 5.84. The Morgan fingerprint density at radius 2 is 2.00 bits per heavy atom. The lowest BCUT2D eigenvalue weighted by Crippen LogP contribution is -2.44. The quantitative estimate of drug-likeness (QED) is 0.455. The van der Waals surface area contributed by atoms with Gasteiger partial charge in [0.15, 0.2) is 0 Å². The Labute approximate surface area is 109 Å². The molecule has 1 aromatic rings. The van der Waals surface area contributed by atoms with Gasteiger partial charge in [-0.2, -0.15) is 0 Å². The minimum absolute atomic E-state index is 0.369. The van der Waals surface area contributed by atoms with Gasteiger partial charge in [0, 0.05) is 24.6 Å². The summed E-state index contributed by atoms with van der Waals surface area (Å²) in [6, 6.07) is 4.11. The first-order valence-corrected chi connectivity index (χ1v) is 5.97. The third-order valence-electron chi connectivity index (χ3n) is 3.30. The maximum absolute atomic E-state index is 5.39. The number of pyridine rings is 1. The van der Waals surface area contributed by atoms with Gasteiger partial charge in [-0.3, -0.25) is 10.8 Å². The molecule has 0 saturated carbocycles. The van der Waals surface area contributed by atoms with E-state index in [0.29, 0.717) is 0 Å². The number of rotatable bonds is 5. The van der Waals surface area contributed by atoms with Crippen LogP contribution < -0.4 is 21.9 Å². The van der Waals surface area contributed by atoms with E-state index >= 15 is 0 Å². The Bertz CT molecular complexity index is 441. The minimum Gasteiger partial charge on any atom is -0.388 e. The highest BCUT2D eigenvalue weighted by molar-refractivity contribution is 5.36. The molecule has 0 aliphatic rings. The number of aromatic nitrogens is 1. The maximum Gasteiger partial charge on any atom is 0.0840 e. The van der Waals surface area contributed by atoms with Gasteiger partial charge >= 0.3 is 0 Å². The number of nitrogens with one attached hydrogen (secondary N) is 3. The van der Waals surface area contributed by atoms with Crippen molar-refractivity contribution < 1.29 is 0 Å². The molecule has 5 N–H and O–H groups in total. The molecule has 1 rings (SSSR count). The van der Waals surface area contributed by atoms with Gasteiger partial charge in [0.1, 0.15) is 0 Å². The monoisotopic (exact) mass is 249 g/mol. The average Bonchev–Trinajstić information content (AvgIpc) is 2.35.